The Labute approximate surface area is 95.8 Å². The molecule has 0 saturated carbocycles. The highest BCUT2D eigenvalue weighted by atomic mass is 35.5. The summed E-state index contributed by atoms with van der Waals surface area (Å²) in [6, 6.07) is 1.86. The van der Waals surface area contributed by atoms with Crippen LogP contribution in [0.5, 0.6) is 5.88 Å². The van der Waals surface area contributed by atoms with E-state index in [1.54, 1.807) is 0 Å². The average molecular weight is 229 g/mol. The van der Waals surface area contributed by atoms with Crippen LogP contribution < -0.4 is 4.74 Å². The van der Waals surface area contributed by atoms with Crippen LogP contribution in [0.15, 0.2) is 6.07 Å². The number of rotatable bonds is 4. The van der Waals surface area contributed by atoms with Crippen LogP contribution in [0.2, 0.25) is 0 Å². The highest BCUT2D eigenvalue weighted by Gasteiger charge is 2.15. The van der Waals surface area contributed by atoms with Crippen molar-refractivity contribution in [3.05, 3.63) is 17.6 Å². The molecule has 2 unspecified atom stereocenters. The van der Waals surface area contributed by atoms with Crippen molar-refractivity contribution in [1.82, 2.24) is 9.97 Å². The molecule has 4 heteroatoms. The fourth-order valence-electron chi connectivity index (χ4n) is 1.25. The Hall–Kier alpha value is -0.830. The van der Waals surface area contributed by atoms with E-state index >= 15 is 0 Å². The molecule has 0 bridgehead atoms. The molecule has 84 valence electrons. The summed E-state index contributed by atoms with van der Waals surface area (Å²) in [7, 11) is 0. The van der Waals surface area contributed by atoms with Crippen molar-refractivity contribution in [2.75, 3.05) is 6.61 Å². The molecule has 1 aromatic rings. The van der Waals surface area contributed by atoms with Gasteiger partial charge < -0.3 is 4.74 Å². The number of aryl methyl sites for hydroxylation is 1. The van der Waals surface area contributed by atoms with E-state index < -0.39 is 0 Å². The number of aromatic nitrogens is 2. The first-order valence-corrected chi connectivity index (χ1v) is 5.60. The SMILES string of the molecule is CCOc1cc(C(C)C(C)Cl)nc(C)n1. The molecule has 1 rings (SSSR count). The Morgan fingerprint density at radius 1 is 1.40 bits per heavy atom. The number of nitrogens with zero attached hydrogens (tertiary/aromatic N) is 2. The van der Waals surface area contributed by atoms with E-state index in [0.29, 0.717) is 12.5 Å². The molecule has 1 aromatic heterocycles. The fraction of sp³-hybridized carbons (Fsp3) is 0.636. The molecule has 0 radical (unpaired) electrons. The van der Waals surface area contributed by atoms with Crippen LogP contribution in [0.1, 0.15) is 38.2 Å². The van der Waals surface area contributed by atoms with Crippen LogP contribution >= 0.6 is 11.6 Å². The van der Waals surface area contributed by atoms with Gasteiger partial charge in [-0.05, 0) is 20.8 Å². The summed E-state index contributed by atoms with van der Waals surface area (Å²) in [5.74, 6) is 1.55. The van der Waals surface area contributed by atoms with Crippen LogP contribution in [0.25, 0.3) is 0 Å². The van der Waals surface area contributed by atoms with Crippen molar-refractivity contribution in [2.24, 2.45) is 0 Å². The number of ether oxygens (including phenoxy) is 1. The average Bonchev–Trinajstić information content (AvgIpc) is 2.16. The van der Waals surface area contributed by atoms with Gasteiger partial charge in [0, 0.05) is 17.4 Å². The maximum Gasteiger partial charge on any atom is 0.216 e. The molecular weight excluding hydrogens is 212 g/mol. The van der Waals surface area contributed by atoms with E-state index in [0.717, 1.165) is 11.5 Å². The third kappa shape index (κ3) is 3.34. The first-order valence-electron chi connectivity index (χ1n) is 5.17. The van der Waals surface area contributed by atoms with Gasteiger partial charge in [-0.15, -0.1) is 11.6 Å². The molecule has 0 N–H and O–H groups in total. The summed E-state index contributed by atoms with van der Waals surface area (Å²) in [5.41, 5.74) is 0.938. The second kappa shape index (κ2) is 5.31. The predicted molar refractivity (Wildman–Crippen MR) is 61.7 cm³/mol. The maximum absolute atomic E-state index is 6.04. The van der Waals surface area contributed by atoms with Gasteiger partial charge in [-0.25, -0.2) is 4.98 Å². The van der Waals surface area contributed by atoms with E-state index in [1.807, 2.05) is 26.8 Å². The fourth-order valence-corrected chi connectivity index (χ4v) is 1.38. The van der Waals surface area contributed by atoms with Crippen LogP contribution in [0, 0.1) is 6.92 Å². The third-order valence-electron chi connectivity index (χ3n) is 2.28. The summed E-state index contributed by atoms with van der Waals surface area (Å²) in [6.07, 6.45) is 0. The molecule has 0 amide bonds. The number of alkyl halides is 1. The van der Waals surface area contributed by atoms with E-state index in [-0.39, 0.29) is 11.3 Å². The maximum atomic E-state index is 6.04. The van der Waals surface area contributed by atoms with Gasteiger partial charge in [-0.1, -0.05) is 6.92 Å². The quantitative estimate of drug-likeness (QED) is 0.744. The molecule has 0 aliphatic carbocycles. The van der Waals surface area contributed by atoms with Crippen LogP contribution in [-0.4, -0.2) is 22.0 Å². The first kappa shape index (κ1) is 12.2. The summed E-state index contributed by atoms with van der Waals surface area (Å²) in [6.45, 7) is 8.42. The molecule has 2 atom stereocenters. The smallest absolute Gasteiger partial charge is 0.216 e. The Balaban J connectivity index is 2.97. The Morgan fingerprint density at radius 2 is 2.07 bits per heavy atom. The zero-order valence-corrected chi connectivity index (χ0v) is 10.4. The van der Waals surface area contributed by atoms with Crippen molar-refractivity contribution in [3.8, 4) is 5.88 Å². The second-order valence-electron chi connectivity index (χ2n) is 3.58. The Bertz CT molecular complexity index is 328. The topological polar surface area (TPSA) is 35.0 Å². The van der Waals surface area contributed by atoms with E-state index in [9.17, 15) is 0 Å². The standard InChI is InChI=1S/C11H17ClN2O/c1-5-15-11-6-10(7(2)8(3)12)13-9(4)14-11/h6-8H,5H2,1-4H3. The summed E-state index contributed by atoms with van der Waals surface area (Å²) >= 11 is 6.04. The van der Waals surface area contributed by atoms with Gasteiger partial charge in [0.2, 0.25) is 5.88 Å². The van der Waals surface area contributed by atoms with Crippen molar-refractivity contribution >= 4 is 11.6 Å². The largest absolute Gasteiger partial charge is 0.478 e. The van der Waals surface area contributed by atoms with E-state index in [4.69, 9.17) is 16.3 Å². The molecule has 0 aromatic carbocycles. The minimum Gasteiger partial charge on any atom is -0.478 e. The highest BCUT2D eigenvalue weighted by Crippen LogP contribution is 2.23. The second-order valence-corrected chi connectivity index (χ2v) is 4.27. The molecule has 15 heavy (non-hydrogen) atoms. The van der Waals surface area contributed by atoms with Crippen molar-refractivity contribution in [2.45, 2.75) is 39.0 Å². The molecule has 0 aliphatic rings. The minimum absolute atomic E-state index is 0.0498. The zero-order valence-electron chi connectivity index (χ0n) is 9.62. The monoisotopic (exact) mass is 228 g/mol. The lowest BCUT2D eigenvalue weighted by Crippen LogP contribution is -2.09. The lowest BCUT2D eigenvalue weighted by Gasteiger charge is -2.14. The molecule has 0 saturated heterocycles. The van der Waals surface area contributed by atoms with Crippen molar-refractivity contribution in [3.63, 3.8) is 0 Å². The van der Waals surface area contributed by atoms with E-state index in [1.165, 1.54) is 0 Å². The van der Waals surface area contributed by atoms with Gasteiger partial charge in [0.1, 0.15) is 5.82 Å². The summed E-state index contributed by atoms with van der Waals surface area (Å²) in [4.78, 5) is 8.55. The third-order valence-corrected chi connectivity index (χ3v) is 2.66. The number of halogens is 1. The Kier molecular flexibility index (Phi) is 4.33. The van der Waals surface area contributed by atoms with Crippen molar-refractivity contribution < 1.29 is 4.74 Å². The molecular formula is C11H17ClN2O. The van der Waals surface area contributed by atoms with Crippen LogP contribution in [0.3, 0.4) is 0 Å². The number of hydrogen-bond donors (Lipinski definition) is 0. The lowest BCUT2D eigenvalue weighted by molar-refractivity contribution is 0.324. The highest BCUT2D eigenvalue weighted by molar-refractivity contribution is 6.20. The Morgan fingerprint density at radius 3 is 2.60 bits per heavy atom. The van der Waals surface area contributed by atoms with Gasteiger partial charge in [0.15, 0.2) is 0 Å². The van der Waals surface area contributed by atoms with Crippen molar-refractivity contribution in [1.29, 1.82) is 0 Å². The van der Waals surface area contributed by atoms with Crippen LogP contribution in [-0.2, 0) is 0 Å². The van der Waals surface area contributed by atoms with Gasteiger partial charge in [0.05, 0.1) is 12.3 Å². The molecule has 3 nitrogen and oxygen atoms in total. The van der Waals surface area contributed by atoms with Gasteiger partial charge in [-0.3, -0.25) is 0 Å². The molecule has 0 fully saturated rings. The van der Waals surface area contributed by atoms with Crippen LogP contribution in [0.4, 0.5) is 0 Å². The normalized spacial score (nSPS) is 14.7. The lowest BCUT2D eigenvalue weighted by atomic mass is 10.0. The minimum atomic E-state index is 0.0498. The number of hydrogen-bond acceptors (Lipinski definition) is 3. The summed E-state index contributed by atoms with van der Waals surface area (Å²) < 4.78 is 5.36. The molecule has 0 aliphatic heterocycles. The van der Waals surface area contributed by atoms with Gasteiger partial charge in [0.25, 0.3) is 0 Å². The predicted octanol–water partition coefficient (Wildman–Crippen LogP) is 2.91. The van der Waals surface area contributed by atoms with E-state index in [2.05, 4.69) is 16.9 Å². The zero-order chi connectivity index (χ0) is 11.4. The molecule has 1 heterocycles. The van der Waals surface area contributed by atoms with Gasteiger partial charge in [-0.2, -0.15) is 4.98 Å². The first-order chi connectivity index (χ1) is 7.04. The molecule has 0 spiro atoms. The van der Waals surface area contributed by atoms with Gasteiger partial charge >= 0.3 is 0 Å². The summed E-state index contributed by atoms with van der Waals surface area (Å²) in [5, 5.41) is 0.0498.